The molecule has 1 amide bonds. The van der Waals surface area contributed by atoms with Gasteiger partial charge in [-0.1, -0.05) is 29.3 Å². The fourth-order valence-electron chi connectivity index (χ4n) is 3.32. The molecule has 2 aromatic heterocycles. The molecule has 5 rings (SSSR count). The van der Waals surface area contributed by atoms with E-state index >= 15 is 0 Å². The van der Waals surface area contributed by atoms with E-state index in [1.807, 2.05) is 43.3 Å². The highest BCUT2D eigenvalue weighted by Gasteiger charge is 2.18. The molecule has 9 heteroatoms. The summed E-state index contributed by atoms with van der Waals surface area (Å²) in [5, 5.41) is 13.8. The van der Waals surface area contributed by atoms with Crippen LogP contribution in [0.3, 0.4) is 0 Å². The van der Waals surface area contributed by atoms with Crippen molar-refractivity contribution >= 4 is 67.3 Å². The average Bonchev–Trinajstić information content (AvgIpc) is 3.35. The van der Waals surface area contributed by atoms with Crippen LogP contribution in [0.15, 0.2) is 60.7 Å². The number of amides is 1. The smallest absolute Gasteiger partial charge is 0.267 e. The van der Waals surface area contributed by atoms with E-state index in [-0.39, 0.29) is 5.91 Å². The number of anilines is 1. The summed E-state index contributed by atoms with van der Waals surface area (Å²) < 4.78 is 6.34. The van der Waals surface area contributed by atoms with Crippen molar-refractivity contribution in [3.63, 3.8) is 0 Å². The van der Waals surface area contributed by atoms with Gasteiger partial charge in [-0.3, -0.25) is 4.79 Å². The van der Waals surface area contributed by atoms with Gasteiger partial charge in [0.15, 0.2) is 0 Å². The number of carbonyl (C=O) groups excluding carboxylic acids is 1. The molecule has 2 heterocycles. The molecule has 3 aromatic carbocycles. The summed E-state index contributed by atoms with van der Waals surface area (Å²) in [5.41, 5.74) is 2.79. The maximum Gasteiger partial charge on any atom is 0.267 e. The monoisotopic (exact) mass is 482 g/mol. The molecule has 6 nitrogen and oxygen atoms in total. The number of ether oxygens (including phenoxy) is 1. The molecule has 0 spiro atoms. The number of carbonyl (C=O) groups is 1. The molecule has 0 fully saturated rings. The summed E-state index contributed by atoms with van der Waals surface area (Å²) in [6.45, 7) is 2.55. The summed E-state index contributed by atoms with van der Waals surface area (Å²) in [6.07, 6.45) is 0. The van der Waals surface area contributed by atoms with E-state index in [0.29, 0.717) is 38.3 Å². The number of benzene rings is 3. The summed E-state index contributed by atoms with van der Waals surface area (Å²) in [7, 11) is 0. The quantitative estimate of drug-likeness (QED) is 0.306. The molecule has 160 valence electrons. The minimum Gasteiger partial charge on any atom is -0.494 e. The van der Waals surface area contributed by atoms with Crippen LogP contribution in [0.1, 0.15) is 16.6 Å². The zero-order chi connectivity index (χ0) is 22.2. The van der Waals surface area contributed by atoms with Gasteiger partial charge < -0.3 is 10.1 Å². The van der Waals surface area contributed by atoms with Gasteiger partial charge in [-0.25, -0.2) is 0 Å². The SMILES string of the molecule is CCOc1ccc(-n2nc3ccc(NC(=O)c4sc5cc(Cl)ccc5c4Cl)cc3n2)cc1. The van der Waals surface area contributed by atoms with Gasteiger partial charge in [-0.2, -0.15) is 4.80 Å². The van der Waals surface area contributed by atoms with E-state index in [0.717, 1.165) is 21.5 Å². The maximum atomic E-state index is 12.9. The van der Waals surface area contributed by atoms with E-state index in [4.69, 9.17) is 27.9 Å². The average molecular weight is 483 g/mol. The van der Waals surface area contributed by atoms with E-state index in [2.05, 4.69) is 15.5 Å². The lowest BCUT2D eigenvalue weighted by Gasteiger charge is -2.03. The fraction of sp³-hybridized carbons (Fsp3) is 0.0870. The van der Waals surface area contributed by atoms with Crippen LogP contribution in [-0.2, 0) is 0 Å². The molecule has 0 atom stereocenters. The van der Waals surface area contributed by atoms with Crippen LogP contribution in [-0.4, -0.2) is 27.5 Å². The van der Waals surface area contributed by atoms with Crippen LogP contribution in [0.5, 0.6) is 5.75 Å². The molecule has 5 aromatic rings. The van der Waals surface area contributed by atoms with Crippen molar-refractivity contribution in [3.05, 3.63) is 75.6 Å². The molecular weight excluding hydrogens is 467 g/mol. The number of fused-ring (bicyclic) bond motifs is 2. The number of rotatable bonds is 5. The molecule has 0 saturated heterocycles. The van der Waals surface area contributed by atoms with Gasteiger partial charge in [-0.05, 0) is 61.5 Å². The van der Waals surface area contributed by atoms with Crippen LogP contribution in [0.2, 0.25) is 10.0 Å². The Bertz CT molecular complexity index is 1460. The van der Waals surface area contributed by atoms with Gasteiger partial charge >= 0.3 is 0 Å². The van der Waals surface area contributed by atoms with Crippen LogP contribution in [0.25, 0.3) is 26.8 Å². The molecule has 0 saturated carbocycles. The Kier molecular flexibility index (Phi) is 5.46. The Labute approximate surface area is 197 Å². The summed E-state index contributed by atoms with van der Waals surface area (Å²) in [4.78, 5) is 14.9. The van der Waals surface area contributed by atoms with Gasteiger partial charge in [0.2, 0.25) is 0 Å². The Morgan fingerprint density at radius 1 is 1.03 bits per heavy atom. The lowest BCUT2D eigenvalue weighted by atomic mass is 10.2. The highest BCUT2D eigenvalue weighted by molar-refractivity contribution is 7.21. The normalized spacial score (nSPS) is 11.2. The lowest BCUT2D eigenvalue weighted by Crippen LogP contribution is -2.10. The molecule has 0 aliphatic carbocycles. The number of halogens is 2. The van der Waals surface area contributed by atoms with Crippen molar-refractivity contribution in [2.45, 2.75) is 6.92 Å². The van der Waals surface area contributed by atoms with E-state index in [1.54, 1.807) is 29.1 Å². The van der Waals surface area contributed by atoms with Gasteiger partial charge in [0.05, 0.1) is 17.3 Å². The minimum absolute atomic E-state index is 0.287. The first-order valence-corrected chi connectivity index (χ1v) is 11.4. The number of hydrogen-bond donors (Lipinski definition) is 1. The molecule has 0 aliphatic rings. The molecule has 1 N–H and O–H groups in total. The molecular formula is C23H16Cl2N4O2S. The first kappa shape index (κ1) is 20.8. The van der Waals surface area contributed by atoms with E-state index < -0.39 is 0 Å². The van der Waals surface area contributed by atoms with Gasteiger partial charge in [0.25, 0.3) is 5.91 Å². The van der Waals surface area contributed by atoms with Crippen molar-refractivity contribution in [2.75, 3.05) is 11.9 Å². The number of nitrogens with zero attached hydrogens (tertiary/aromatic N) is 3. The third kappa shape index (κ3) is 3.90. The summed E-state index contributed by atoms with van der Waals surface area (Å²) in [6, 6.07) is 18.3. The number of thiophene rings is 1. The predicted octanol–water partition coefficient (Wildman–Crippen LogP) is 6.59. The molecule has 0 bridgehead atoms. The van der Waals surface area contributed by atoms with Crippen LogP contribution in [0.4, 0.5) is 5.69 Å². The predicted molar refractivity (Wildman–Crippen MR) is 130 cm³/mol. The number of aromatic nitrogens is 3. The third-order valence-corrected chi connectivity index (χ3v) is 6.71. The largest absolute Gasteiger partial charge is 0.494 e. The third-order valence-electron chi connectivity index (χ3n) is 4.81. The van der Waals surface area contributed by atoms with Crippen molar-refractivity contribution < 1.29 is 9.53 Å². The first-order chi connectivity index (χ1) is 15.5. The van der Waals surface area contributed by atoms with Crippen LogP contribution < -0.4 is 10.1 Å². The summed E-state index contributed by atoms with van der Waals surface area (Å²) in [5.74, 6) is 0.505. The number of nitrogens with one attached hydrogen (secondary N) is 1. The highest BCUT2D eigenvalue weighted by atomic mass is 35.5. The van der Waals surface area contributed by atoms with Crippen molar-refractivity contribution in [1.82, 2.24) is 15.0 Å². The Hall–Kier alpha value is -3.13. The highest BCUT2D eigenvalue weighted by Crippen LogP contribution is 2.37. The molecule has 0 radical (unpaired) electrons. The fourth-order valence-corrected chi connectivity index (χ4v) is 5.01. The number of hydrogen-bond acceptors (Lipinski definition) is 5. The van der Waals surface area contributed by atoms with Gasteiger partial charge in [-0.15, -0.1) is 21.5 Å². The van der Waals surface area contributed by atoms with Crippen LogP contribution >= 0.6 is 34.5 Å². The Morgan fingerprint density at radius 3 is 2.59 bits per heavy atom. The van der Waals surface area contributed by atoms with E-state index in [1.165, 1.54) is 11.3 Å². The standard InChI is InChI=1S/C23H16Cl2N4O2S/c1-2-31-16-7-5-15(6-8-16)29-27-18-10-4-14(12-19(18)28-29)26-23(30)22-21(25)17-9-3-13(24)11-20(17)32-22/h3-12H,2H2,1H3,(H,26,30). The Morgan fingerprint density at radius 2 is 1.81 bits per heavy atom. The topological polar surface area (TPSA) is 69.0 Å². The molecule has 0 unspecified atom stereocenters. The van der Waals surface area contributed by atoms with Crippen molar-refractivity contribution in [2.24, 2.45) is 0 Å². The second-order valence-electron chi connectivity index (χ2n) is 6.96. The van der Waals surface area contributed by atoms with E-state index in [9.17, 15) is 4.79 Å². The molecule has 32 heavy (non-hydrogen) atoms. The second-order valence-corrected chi connectivity index (χ2v) is 8.83. The van der Waals surface area contributed by atoms with Gasteiger partial charge in [0.1, 0.15) is 21.7 Å². The molecule has 0 aliphatic heterocycles. The minimum atomic E-state index is -0.287. The Balaban J connectivity index is 1.40. The lowest BCUT2D eigenvalue weighted by molar-refractivity contribution is 0.103. The van der Waals surface area contributed by atoms with Crippen molar-refractivity contribution in [1.29, 1.82) is 0 Å². The zero-order valence-corrected chi connectivity index (χ0v) is 19.1. The van der Waals surface area contributed by atoms with Crippen LogP contribution in [0, 0.1) is 0 Å². The maximum absolute atomic E-state index is 12.9. The second kappa shape index (κ2) is 8.43. The summed E-state index contributed by atoms with van der Waals surface area (Å²) >= 11 is 13.8. The van der Waals surface area contributed by atoms with Gasteiger partial charge in [0, 0.05) is 20.8 Å². The van der Waals surface area contributed by atoms with Crippen molar-refractivity contribution in [3.8, 4) is 11.4 Å². The first-order valence-electron chi connectivity index (χ1n) is 9.81. The zero-order valence-electron chi connectivity index (χ0n) is 16.8.